The number of ether oxygens (including phenoxy) is 1. The van der Waals surface area contributed by atoms with Crippen LogP contribution in [0.5, 0.6) is 5.75 Å². The molecule has 116 valence electrons. The molecular formula is C16H20N4O2. The molecule has 2 aromatic rings. The van der Waals surface area contributed by atoms with Crippen LogP contribution in [0.4, 0.5) is 0 Å². The van der Waals surface area contributed by atoms with Gasteiger partial charge in [-0.15, -0.1) is 0 Å². The number of amidine groups is 1. The highest BCUT2D eigenvalue weighted by molar-refractivity contribution is 5.95. The molecule has 0 aliphatic rings. The van der Waals surface area contributed by atoms with Gasteiger partial charge in [-0.25, -0.2) is 4.68 Å². The fourth-order valence-electron chi connectivity index (χ4n) is 2.10. The fraction of sp³-hybridized carbons (Fsp3) is 0.312. The molecule has 0 spiro atoms. The van der Waals surface area contributed by atoms with Crippen molar-refractivity contribution < 1.29 is 4.74 Å². The van der Waals surface area contributed by atoms with E-state index in [0.29, 0.717) is 12.2 Å². The molecule has 2 rings (SSSR count). The Hall–Kier alpha value is -2.63. The van der Waals surface area contributed by atoms with E-state index >= 15 is 0 Å². The Kier molecular flexibility index (Phi) is 4.93. The van der Waals surface area contributed by atoms with Crippen LogP contribution < -0.4 is 16.0 Å². The van der Waals surface area contributed by atoms with Gasteiger partial charge in [0.1, 0.15) is 11.6 Å². The number of nitrogen functional groups attached to an aromatic ring is 1. The van der Waals surface area contributed by atoms with E-state index in [1.54, 1.807) is 13.2 Å². The summed E-state index contributed by atoms with van der Waals surface area (Å²) in [6, 6.07) is 8.94. The molecule has 6 heteroatoms. The van der Waals surface area contributed by atoms with Crippen molar-refractivity contribution in [2.24, 2.45) is 5.73 Å². The van der Waals surface area contributed by atoms with Gasteiger partial charge in [0.25, 0.3) is 5.56 Å². The summed E-state index contributed by atoms with van der Waals surface area (Å²) in [6.45, 7) is 2.56. The zero-order valence-corrected chi connectivity index (χ0v) is 12.8. The minimum absolute atomic E-state index is 0.178. The number of aromatic nitrogens is 2. The summed E-state index contributed by atoms with van der Waals surface area (Å²) < 4.78 is 6.52. The first-order valence-electron chi connectivity index (χ1n) is 7.17. The maximum atomic E-state index is 12.3. The van der Waals surface area contributed by atoms with Gasteiger partial charge < -0.3 is 10.5 Å². The summed E-state index contributed by atoms with van der Waals surface area (Å²) in [7, 11) is 1.60. The van der Waals surface area contributed by atoms with Crippen molar-refractivity contribution >= 4 is 5.84 Å². The molecule has 0 saturated heterocycles. The monoisotopic (exact) mass is 300 g/mol. The Balaban J connectivity index is 2.52. The molecule has 0 aliphatic heterocycles. The van der Waals surface area contributed by atoms with E-state index in [1.165, 1.54) is 4.68 Å². The van der Waals surface area contributed by atoms with Gasteiger partial charge in [0.15, 0.2) is 0 Å². The van der Waals surface area contributed by atoms with Crippen molar-refractivity contribution in [2.75, 3.05) is 7.11 Å². The van der Waals surface area contributed by atoms with E-state index in [-0.39, 0.29) is 17.0 Å². The van der Waals surface area contributed by atoms with E-state index < -0.39 is 0 Å². The molecule has 0 atom stereocenters. The van der Waals surface area contributed by atoms with Gasteiger partial charge in [0.2, 0.25) is 0 Å². The molecule has 0 amide bonds. The zero-order chi connectivity index (χ0) is 16.1. The Morgan fingerprint density at radius 3 is 2.59 bits per heavy atom. The molecule has 0 unspecified atom stereocenters. The number of aryl methyl sites for hydroxylation is 1. The average Bonchev–Trinajstić information content (AvgIpc) is 2.53. The number of nitrogens with zero attached hydrogens (tertiary/aromatic N) is 2. The summed E-state index contributed by atoms with van der Waals surface area (Å²) in [4.78, 5) is 12.3. The second-order valence-electron chi connectivity index (χ2n) is 4.97. The second-order valence-corrected chi connectivity index (χ2v) is 4.97. The van der Waals surface area contributed by atoms with Crippen LogP contribution in [0, 0.1) is 5.41 Å². The van der Waals surface area contributed by atoms with Gasteiger partial charge in [-0.2, -0.15) is 5.10 Å². The van der Waals surface area contributed by atoms with Crippen LogP contribution in [0.2, 0.25) is 0 Å². The number of benzene rings is 1. The van der Waals surface area contributed by atoms with Crippen LogP contribution >= 0.6 is 0 Å². The van der Waals surface area contributed by atoms with Gasteiger partial charge in [0.05, 0.1) is 18.4 Å². The molecule has 1 aromatic carbocycles. The lowest BCUT2D eigenvalue weighted by Gasteiger charge is -2.10. The molecule has 1 heterocycles. The third kappa shape index (κ3) is 3.33. The first-order valence-corrected chi connectivity index (χ1v) is 7.17. The highest BCUT2D eigenvalue weighted by atomic mass is 16.5. The molecule has 6 nitrogen and oxygen atoms in total. The summed E-state index contributed by atoms with van der Waals surface area (Å²) in [6.07, 6.45) is 1.80. The fourth-order valence-corrected chi connectivity index (χ4v) is 2.10. The van der Waals surface area contributed by atoms with Crippen molar-refractivity contribution in [1.82, 2.24) is 9.78 Å². The average molecular weight is 300 g/mol. The number of nitrogens with one attached hydrogen (secondary N) is 1. The van der Waals surface area contributed by atoms with E-state index in [4.69, 9.17) is 15.9 Å². The normalized spacial score (nSPS) is 10.5. The highest BCUT2D eigenvalue weighted by Gasteiger charge is 2.12. The Labute approximate surface area is 129 Å². The molecule has 0 aliphatic carbocycles. The molecule has 0 saturated carbocycles. The standard InChI is InChI=1S/C16H20N4O2/c1-3-4-9-20-16(21)13(15(17)18)10-14(19-20)11-5-7-12(22-2)8-6-11/h5-8,10H,3-4,9H2,1-2H3,(H3,17,18). The Morgan fingerprint density at radius 1 is 1.36 bits per heavy atom. The van der Waals surface area contributed by atoms with Gasteiger partial charge in [-0.1, -0.05) is 13.3 Å². The van der Waals surface area contributed by atoms with Gasteiger partial charge in [-0.3, -0.25) is 10.2 Å². The Bertz CT molecular complexity index is 720. The van der Waals surface area contributed by atoms with Crippen molar-refractivity contribution in [3.63, 3.8) is 0 Å². The second kappa shape index (κ2) is 6.89. The number of nitrogens with two attached hydrogens (primary N) is 1. The first-order chi connectivity index (χ1) is 10.6. The molecule has 1 aromatic heterocycles. The molecule has 0 radical (unpaired) electrons. The largest absolute Gasteiger partial charge is 0.497 e. The van der Waals surface area contributed by atoms with Gasteiger partial charge >= 0.3 is 0 Å². The number of unbranched alkanes of at least 4 members (excludes halogenated alkanes) is 1. The Morgan fingerprint density at radius 2 is 2.05 bits per heavy atom. The van der Waals surface area contributed by atoms with E-state index in [0.717, 1.165) is 24.2 Å². The molecular weight excluding hydrogens is 280 g/mol. The van der Waals surface area contributed by atoms with E-state index in [9.17, 15) is 4.79 Å². The van der Waals surface area contributed by atoms with Crippen LogP contribution in [0.3, 0.4) is 0 Å². The predicted molar refractivity (Wildman–Crippen MR) is 86.4 cm³/mol. The van der Waals surface area contributed by atoms with Crippen molar-refractivity contribution in [1.29, 1.82) is 5.41 Å². The predicted octanol–water partition coefficient (Wildman–Crippen LogP) is 2.00. The maximum Gasteiger partial charge on any atom is 0.277 e. The summed E-state index contributed by atoms with van der Waals surface area (Å²) in [5, 5.41) is 12.0. The molecule has 0 fully saturated rings. The molecule has 0 bridgehead atoms. The summed E-state index contributed by atoms with van der Waals surface area (Å²) in [5.41, 5.74) is 6.84. The van der Waals surface area contributed by atoms with Crippen LogP contribution in [0.1, 0.15) is 25.3 Å². The summed E-state index contributed by atoms with van der Waals surface area (Å²) in [5.74, 6) is 0.502. The lowest BCUT2D eigenvalue weighted by atomic mass is 10.1. The topological polar surface area (TPSA) is 94.0 Å². The van der Waals surface area contributed by atoms with E-state index in [2.05, 4.69) is 5.10 Å². The minimum atomic E-state index is -0.321. The van der Waals surface area contributed by atoms with Crippen LogP contribution in [0.15, 0.2) is 35.1 Å². The quantitative estimate of drug-likeness (QED) is 0.630. The smallest absolute Gasteiger partial charge is 0.277 e. The molecule has 3 N–H and O–H groups in total. The van der Waals surface area contributed by atoms with Crippen LogP contribution in [-0.2, 0) is 6.54 Å². The number of methoxy groups -OCH3 is 1. The van der Waals surface area contributed by atoms with Crippen molar-refractivity contribution in [3.05, 3.63) is 46.2 Å². The third-order valence-corrected chi connectivity index (χ3v) is 3.37. The number of hydrogen-bond acceptors (Lipinski definition) is 4. The SMILES string of the molecule is CCCCn1nc(-c2ccc(OC)cc2)cc(C(=N)N)c1=O. The molecule has 22 heavy (non-hydrogen) atoms. The number of rotatable bonds is 6. The summed E-state index contributed by atoms with van der Waals surface area (Å²) >= 11 is 0. The van der Waals surface area contributed by atoms with Crippen LogP contribution in [0.25, 0.3) is 11.3 Å². The third-order valence-electron chi connectivity index (χ3n) is 3.37. The minimum Gasteiger partial charge on any atom is -0.497 e. The zero-order valence-electron chi connectivity index (χ0n) is 12.8. The lowest BCUT2D eigenvalue weighted by molar-refractivity contribution is 0.415. The number of hydrogen-bond donors (Lipinski definition) is 2. The maximum absolute atomic E-state index is 12.3. The highest BCUT2D eigenvalue weighted by Crippen LogP contribution is 2.20. The van der Waals surface area contributed by atoms with E-state index in [1.807, 2.05) is 31.2 Å². The van der Waals surface area contributed by atoms with Crippen molar-refractivity contribution in [2.45, 2.75) is 26.3 Å². The van der Waals surface area contributed by atoms with Gasteiger partial charge in [-0.05, 0) is 36.8 Å². The lowest BCUT2D eigenvalue weighted by Crippen LogP contribution is -2.31. The van der Waals surface area contributed by atoms with Crippen molar-refractivity contribution in [3.8, 4) is 17.0 Å². The van der Waals surface area contributed by atoms with Gasteiger partial charge in [0, 0.05) is 12.1 Å². The van der Waals surface area contributed by atoms with Crippen LogP contribution in [-0.4, -0.2) is 22.7 Å². The first kappa shape index (κ1) is 15.8.